The predicted molar refractivity (Wildman–Crippen MR) is 120 cm³/mol. The van der Waals surface area contributed by atoms with Crippen LogP contribution >= 0.6 is 11.3 Å². The molecule has 1 amide bonds. The van der Waals surface area contributed by atoms with Crippen molar-refractivity contribution in [2.75, 3.05) is 6.54 Å². The van der Waals surface area contributed by atoms with Gasteiger partial charge in [0.25, 0.3) is 5.95 Å². The van der Waals surface area contributed by atoms with Crippen LogP contribution in [0.2, 0.25) is 0 Å². The summed E-state index contributed by atoms with van der Waals surface area (Å²) in [7, 11) is 0. The van der Waals surface area contributed by atoms with Crippen molar-refractivity contribution in [2.45, 2.75) is 40.5 Å². The van der Waals surface area contributed by atoms with Crippen LogP contribution < -0.4 is 5.32 Å². The molecule has 6 nitrogen and oxygen atoms in total. The Labute approximate surface area is 180 Å². The standard InChI is InChI=1S/C23H25N5OS/c1-14-11-15(2)26-23(25-14)28-17(4)20(16(3)27-28)12-22(29)24-10-9-18-13-30-21-8-6-5-7-19(18)21/h5-8,11,13H,9-10,12H2,1-4H3,(H,24,29). The van der Waals surface area contributed by atoms with Gasteiger partial charge in [0.05, 0.1) is 12.1 Å². The van der Waals surface area contributed by atoms with Gasteiger partial charge in [-0.15, -0.1) is 11.3 Å². The first-order valence-electron chi connectivity index (χ1n) is 10.0. The molecule has 0 radical (unpaired) electrons. The molecule has 4 rings (SSSR count). The number of nitrogens with zero attached hydrogens (tertiary/aromatic N) is 4. The van der Waals surface area contributed by atoms with E-state index in [2.05, 4.69) is 50.0 Å². The summed E-state index contributed by atoms with van der Waals surface area (Å²) in [5.41, 5.74) is 5.72. The Bertz CT molecular complexity index is 1200. The molecule has 0 aliphatic carbocycles. The molecule has 0 aliphatic rings. The van der Waals surface area contributed by atoms with Crippen molar-refractivity contribution in [2.24, 2.45) is 0 Å². The van der Waals surface area contributed by atoms with Crippen molar-refractivity contribution in [3.8, 4) is 5.95 Å². The number of carbonyl (C=O) groups excluding carboxylic acids is 1. The zero-order chi connectivity index (χ0) is 21.3. The number of hydrogen-bond acceptors (Lipinski definition) is 5. The van der Waals surface area contributed by atoms with Crippen LogP contribution in [-0.2, 0) is 17.6 Å². The van der Waals surface area contributed by atoms with Crippen LogP contribution in [0.5, 0.6) is 0 Å². The number of carbonyl (C=O) groups is 1. The van der Waals surface area contributed by atoms with Crippen molar-refractivity contribution in [1.29, 1.82) is 0 Å². The number of hydrogen-bond donors (Lipinski definition) is 1. The van der Waals surface area contributed by atoms with Gasteiger partial charge in [-0.05, 0) is 62.6 Å². The normalized spacial score (nSPS) is 11.2. The topological polar surface area (TPSA) is 72.7 Å². The van der Waals surface area contributed by atoms with E-state index in [4.69, 9.17) is 0 Å². The molecular weight excluding hydrogens is 394 g/mol. The van der Waals surface area contributed by atoms with Crippen LogP contribution in [0.25, 0.3) is 16.0 Å². The molecule has 1 aromatic carbocycles. The molecule has 0 unspecified atom stereocenters. The van der Waals surface area contributed by atoms with Crippen LogP contribution in [0.4, 0.5) is 0 Å². The predicted octanol–water partition coefficient (Wildman–Crippen LogP) is 4.01. The second-order valence-corrected chi connectivity index (χ2v) is 8.46. The molecule has 30 heavy (non-hydrogen) atoms. The second kappa shape index (κ2) is 8.36. The van der Waals surface area contributed by atoms with Gasteiger partial charge in [0.15, 0.2) is 0 Å². The van der Waals surface area contributed by atoms with Gasteiger partial charge in [-0.25, -0.2) is 14.6 Å². The first kappa shape index (κ1) is 20.2. The third-order valence-corrected chi connectivity index (χ3v) is 6.23. The second-order valence-electron chi connectivity index (χ2n) is 7.55. The number of rotatable bonds is 6. The van der Waals surface area contributed by atoms with E-state index >= 15 is 0 Å². The van der Waals surface area contributed by atoms with Crippen molar-refractivity contribution in [1.82, 2.24) is 25.1 Å². The Morgan fingerprint density at radius 1 is 1.10 bits per heavy atom. The van der Waals surface area contributed by atoms with Gasteiger partial charge in [-0.1, -0.05) is 18.2 Å². The Kier molecular flexibility index (Phi) is 5.63. The maximum Gasteiger partial charge on any atom is 0.251 e. The van der Waals surface area contributed by atoms with E-state index in [9.17, 15) is 4.79 Å². The van der Waals surface area contributed by atoms with Gasteiger partial charge in [0.2, 0.25) is 5.91 Å². The van der Waals surface area contributed by atoms with Gasteiger partial charge in [0.1, 0.15) is 0 Å². The highest BCUT2D eigenvalue weighted by atomic mass is 32.1. The summed E-state index contributed by atoms with van der Waals surface area (Å²) in [6.45, 7) is 8.38. The minimum absolute atomic E-state index is 0.00151. The van der Waals surface area contributed by atoms with E-state index in [1.165, 1.54) is 15.6 Å². The number of benzene rings is 1. The average Bonchev–Trinajstić information content (AvgIpc) is 3.23. The molecule has 1 N–H and O–H groups in total. The third kappa shape index (κ3) is 4.11. The molecular formula is C23H25N5OS. The first-order valence-corrected chi connectivity index (χ1v) is 10.9. The number of aryl methyl sites for hydroxylation is 3. The minimum atomic E-state index is 0.00151. The van der Waals surface area contributed by atoms with Crippen LogP contribution in [0.3, 0.4) is 0 Å². The highest BCUT2D eigenvalue weighted by molar-refractivity contribution is 7.17. The molecule has 0 atom stereocenters. The zero-order valence-electron chi connectivity index (χ0n) is 17.7. The number of thiophene rings is 1. The molecule has 154 valence electrons. The first-order chi connectivity index (χ1) is 14.4. The fourth-order valence-corrected chi connectivity index (χ4v) is 4.71. The Balaban J connectivity index is 1.42. The summed E-state index contributed by atoms with van der Waals surface area (Å²) in [5.74, 6) is 0.547. The highest BCUT2D eigenvalue weighted by Gasteiger charge is 2.17. The van der Waals surface area contributed by atoms with Crippen LogP contribution in [0.15, 0.2) is 35.7 Å². The Morgan fingerprint density at radius 3 is 2.60 bits per heavy atom. The minimum Gasteiger partial charge on any atom is -0.355 e. The third-order valence-electron chi connectivity index (χ3n) is 5.22. The molecule has 0 saturated heterocycles. The number of amides is 1. The lowest BCUT2D eigenvalue weighted by Gasteiger charge is -2.07. The SMILES string of the molecule is Cc1cc(C)nc(-n2nc(C)c(CC(=O)NCCc3csc4ccccc34)c2C)n1. The molecule has 0 aliphatic heterocycles. The number of aromatic nitrogens is 4. The monoisotopic (exact) mass is 419 g/mol. The molecule has 0 saturated carbocycles. The maximum atomic E-state index is 12.6. The Morgan fingerprint density at radius 2 is 1.83 bits per heavy atom. The van der Waals surface area contributed by atoms with Gasteiger partial charge in [-0.2, -0.15) is 5.10 Å². The van der Waals surface area contributed by atoms with Crippen molar-refractivity contribution < 1.29 is 4.79 Å². The van der Waals surface area contributed by atoms with Crippen LogP contribution in [0, 0.1) is 27.7 Å². The summed E-state index contributed by atoms with van der Waals surface area (Å²) >= 11 is 1.75. The summed E-state index contributed by atoms with van der Waals surface area (Å²) in [6.07, 6.45) is 1.12. The summed E-state index contributed by atoms with van der Waals surface area (Å²) < 4.78 is 3.02. The lowest BCUT2D eigenvalue weighted by molar-refractivity contribution is -0.120. The number of fused-ring (bicyclic) bond motifs is 1. The average molecular weight is 420 g/mol. The lowest BCUT2D eigenvalue weighted by atomic mass is 10.1. The molecule has 0 fully saturated rings. The fourth-order valence-electron chi connectivity index (χ4n) is 3.71. The van der Waals surface area contributed by atoms with Crippen molar-refractivity contribution >= 4 is 27.3 Å². The molecule has 0 bridgehead atoms. The van der Waals surface area contributed by atoms with E-state index in [0.717, 1.165) is 34.8 Å². The summed E-state index contributed by atoms with van der Waals surface area (Å²) in [6, 6.07) is 10.3. The molecule has 7 heteroatoms. The van der Waals surface area contributed by atoms with Crippen molar-refractivity contribution in [3.63, 3.8) is 0 Å². The number of nitrogens with one attached hydrogen (secondary N) is 1. The summed E-state index contributed by atoms with van der Waals surface area (Å²) in [4.78, 5) is 21.6. The molecule has 3 aromatic heterocycles. The van der Waals surface area contributed by atoms with Gasteiger partial charge in [-0.3, -0.25) is 4.79 Å². The Hall–Kier alpha value is -3.06. The van der Waals surface area contributed by atoms with E-state index in [-0.39, 0.29) is 5.91 Å². The quantitative estimate of drug-likeness (QED) is 0.512. The highest BCUT2D eigenvalue weighted by Crippen LogP contribution is 2.25. The van der Waals surface area contributed by atoms with E-state index in [1.807, 2.05) is 33.8 Å². The van der Waals surface area contributed by atoms with Gasteiger partial charge in [0, 0.05) is 33.9 Å². The molecule has 3 heterocycles. The zero-order valence-corrected chi connectivity index (χ0v) is 18.5. The van der Waals surface area contributed by atoms with E-state index < -0.39 is 0 Å². The smallest absolute Gasteiger partial charge is 0.251 e. The van der Waals surface area contributed by atoms with E-state index in [0.29, 0.717) is 18.9 Å². The fraction of sp³-hybridized carbons (Fsp3) is 0.304. The van der Waals surface area contributed by atoms with Crippen molar-refractivity contribution in [3.05, 3.63) is 69.6 Å². The molecule has 0 spiro atoms. The molecule has 4 aromatic rings. The van der Waals surface area contributed by atoms with Gasteiger partial charge < -0.3 is 5.32 Å². The van der Waals surface area contributed by atoms with Crippen LogP contribution in [-0.4, -0.2) is 32.2 Å². The van der Waals surface area contributed by atoms with Gasteiger partial charge >= 0.3 is 0 Å². The summed E-state index contributed by atoms with van der Waals surface area (Å²) in [5, 5.41) is 11.1. The van der Waals surface area contributed by atoms with E-state index in [1.54, 1.807) is 16.0 Å². The lowest BCUT2D eigenvalue weighted by Crippen LogP contribution is -2.27. The maximum absolute atomic E-state index is 12.6. The largest absolute Gasteiger partial charge is 0.355 e. The van der Waals surface area contributed by atoms with Crippen LogP contribution in [0.1, 0.15) is 33.9 Å².